The van der Waals surface area contributed by atoms with Gasteiger partial charge in [-0.15, -0.1) is 0 Å². The molecule has 5 N–H and O–H groups in total. The SMILES string of the molecule is CN(C)C(=O)NCCNC(=O)C1(C(N)=NO)CCCCC1. The van der Waals surface area contributed by atoms with Crippen molar-refractivity contribution < 1.29 is 14.8 Å². The van der Waals surface area contributed by atoms with Gasteiger partial charge < -0.3 is 26.5 Å². The van der Waals surface area contributed by atoms with Crippen molar-refractivity contribution >= 4 is 17.8 Å². The lowest BCUT2D eigenvalue weighted by molar-refractivity contribution is -0.129. The number of amides is 3. The fraction of sp³-hybridized carbons (Fsp3) is 0.769. The Hall–Kier alpha value is -1.99. The van der Waals surface area contributed by atoms with Crippen LogP contribution in [-0.2, 0) is 4.79 Å². The standard InChI is InChI=1S/C13H25N5O3/c1-18(2)12(20)16-9-8-15-11(19)13(10(14)17-21)6-4-3-5-7-13/h21H,3-9H2,1-2H3,(H2,14,17)(H,15,19)(H,16,20). The summed E-state index contributed by atoms with van der Waals surface area (Å²) < 4.78 is 0. The number of hydrogen-bond acceptors (Lipinski definition) is 4. The summed E-state index contributed by atoms with van der Waals surface area (Å²) in [5, 5.41) is 17.4. The molecule has 8 heteroatoms. The van der Waals surface area contributed by atoms with Gasteiger partial charge in [0.2, 0.25) is 5.91 Å². The smallest absolute Gasteiger partial charge is 0.316 e. The molecule has 0 aromatic heterocycles. The summed E-state index contributed by atoms with van der Waals surface area (Å²) in [6, 6.07) is -0.215. The lowest BCUT2D eigenvalue weighted by Gasteiger charge is -2.34. The van der Waals surface area contributed by atoms with Gasteiger partial charge in [-0.1, -0.05) is 24.4 Å². The molecule has 0 radical (unpaired) electrons. The Balaban J connectivity index is 2.53. The highest BCUT2D eigenvalue weighted by Gasteiger charge is 2.43. The zero-order chi connectivity index (χ0) is 15.9. The molecule has 0 bridgehead atoms. The average molecular weight is 299 g/mol. The molecule has 3 amide bonds. The summed E-state index contributed by atoms with van der Waals surface area (Å²) in [6.07, 6.45) is 3.96. The highest BCUT2D eigenvalue weighted by atomic mass is 16.4. The first-order valence-corrected chi connectivity index (χ1v) is 7.15. The molecular weight excluding hydrogens is 274 g/mol. The van der Waals surface area contributed by atoms with Crippen LogP contribution in [0.1, 0.15) is 32.1 Å². The molecular formula is C13H25N5O3. The quantitative estimate of drug-likeness (QED) is 0.189. The van der Waals surface area contributed by atoms with E-state index in [2.05, 4.69) is 15.8 Å². The number of nitrogens with one attached hydrogen (secondary N) is 2. The maximum absolute atomic E-state index is 12.4. The minimum absolute atomic E-state index is 0.0305. The Morgan fingerprint density at radius 3 is 2.29 bits per heavy atom. The van der Waals surface area contributed by atoms with Crippen molar-refractivity contribution in [1.82, 2.24) is 15.5 Å². The molecule has 120 valence electrons. The van der Waals surface area contributed by atoms with Crippen LogP contribution in [0.5, 0.6) is 0 Å². The lowest BCUT2D eigenvalue weighted by atomic mass is 9.72. The van der Waals surface area contributed by atoms with Gasteiger partial charge in [-0.3, -0.25) is 4.79 Å². The van der Waals surface area contributed by atoms with Crippen LogP contribution >= 0.6 is 0 Å². The second-order valence-corrected chi connectivity index (χ2v) is 5.51. The van der Waals surface area contributed by atoms with Gasteiger partial charge in [0.15, 0.2) is 5.84 Å². The lowest BCUT2D eigenvalue weighted by Crippen LogP contribution is -2.52. The predicted octanol–water partition coefficient (Wildman–Crippen LogP) is 0.0707. The van der Waals surface area contributed by atoms with Crippen LogP contribution in [0.25, 0.3) is 0 Å². The van der Waals surface area contributed by atoms with Gasteiger partial charge >= 0.3 is 6.03 Å². The Morgan fingerprint density at radius 1 is 1.19 bits per heavy atom. The largest absolute Gasteiger partial charge is 0.409 e. The normalized spacial score (nSPS) is 17.9. The first kappa shape index (κ1) is 17.1. The second kappa shape index (κ2) is 7.70. The Morgan fingerprint density at radius 2 is 1.76 bits per heavy atom. The summed E-state index contributed by atoms with van der Waals surface area (Å²) >= 11 is 0. The minimum atomic E-state index is -0.918. The van der Waals surface area contributed by atoms with Crippen LogP contribution < -0.4 is 16.4 Å². The van der Waals surface area contributed by atoms with Crippen molar-refractivity contribution in [3.05, 3.63) is 0 Å². The van der Waals surface area contributed by atoms with Crippen LogP contribution in [0.2, 0.25) is 0 Å². The number of urea groups is 1. The van der Waals surface area contributed by atoms with E-state index < -0.39 is 5.41 Å². The molecule has 0 heterocycles. The molecule has 21 heavy (non-hydrogen) atoms. The average Bonchev–Trinajstić information content (AvgIpc) is 2.50. The Labute approximate surface area is 124 Å². The van der Waals surface area contributed by atoms with E-state index in [9.17, 15) is 9.59 Å². The minimum Gasteiger partial charge on any atom is -0.409 e. The van der Waals surface area contributed by atoms with Crippen LogP contribution in [0.15, 0.2) is 5.16 Å². The molecule has 0 aromatic rings. The molecule has 1 fully saturated rings. The summed E-state index contributed by atoms with van der Waals surface area (Å²) in [5.41, 5.74) is 4.82. The van der Waals surface area contributed by atoms with E-state index in [-0.39, 0.29) is 17.8 Å². The third-order valence-corrected chi connectivity index (χ3v) is 3.83. The monoisotopic (exact) mass is 299 g/mol. The summed E-state index contributed by atoms with van der Waals surface area (Å²) in [6.45, 7) is 0.633. The first-order valence-electron chi connectivity index (χ1n) is 7.15. The number of hydrogen-bond donors (Lipinski definition) is 4. The number of nitrogens with zero attached hydrogens (tertiary/aromatic N) is 2. The number of carbonyl (C=O) groups is 2. The third-order valence-electron chi connectivity index (χ3n) is 3.83. The molecule has 0 saturated heterocycles. The van der Waals surface area contributed by atoms with Gasteiger partial charge in [-0.25, -0.2) is 4.79 Å². The highest BCUT2D eigenvalue weighted by molar-refractivity contribution is 6.06. The van der Waals surface area contributed by atoms with Crippen molar-refractivity contribution in [2.24, 2.45) is 16.3 Å². The number of amidine groups is 1. The van der Waals surface area contributed by atoms with Crippen LogP contribution in [-0.4, -0.2) is 55.1 Å². The summed E-state index contributed by atoms with van der Waals surface area (Å²) in [7, 11) is 3.28. The number of rotatable bonds is 5. The summed E-state index contributed by atoms with van der Waals surface area (Å²) in [4.78, 5) is 25.1. The molecule has 1 aliphatic carbocycles. The van der Waals surface area contributed by atoms with E-state index >= 15 is 0 Å². The van der Waals surface area contributed by atoms with E-state index in [4.69, 9.17) is 10.9 Å². The molecule has 1 rings (SSSR count). The summed E-state index contributed by atoms with van der Waals surface area (Å²) in [5.74, 6) is -0.270. The molecule has 0 spiro atoms. The van der Waals surface area contributed by atoms with Crippen molar-refractivity contribution in [3.63, 3.8) is 0 Å². The molecule has 0 aromatic carbocycles. The van der Waals surface area contributed by atoms with E-state index in [1.165, 1.54) is 4.90 Å². The van der Waals surface area contributed by atoms with E-state index in [0.717, 1.165) is 19.3 Å². The van der Waals surface area contributed by atoms with Crippen LogP contribution in [0.3, 0.4) is 0 Å². The number of carbonyl (C=O) groups excluding carboxylic acids is 2. The Bertz CT molecular complexity index is 403. The van der Waals surface area contributed by atoms with Crippen molar-refractivity contribution in [2.45, 2.75) is 32.1 Å². The maximum Gasteiger partial charge on any atom is 0.316 e. The van der Waals surface area contributed by atoms with Crippen molar-refractivity contribution in [3.8, 4) is 0 Å². The van der Waals surface area contributed by atoms with Gasteiger partial charge in [0, 0.05) is 27.2 Å². The third kappa shape index (κ3) is 4.24. The number of oxime groups is 1. The molecule has 1 aliphatic rings. The van der Waals surface area contributed by atoms with Gasteiger partial charge in [-0.05, 0) is 12.8 Å². The second-order valence-electron chi connectivity index (χ2n) is 5.51. The highest BCUT2D eigenvalue weighted by Crippen LogP contribution is 2.36. The molecule has 1 saturated carbocycles. The predicted molar refractivity (Wildman–Crippen MR) is 79.0 cm³/mol. The fourth-order valence-corrected chi connectivity index (χ4v) is 2.52. The van der Waals surface area contributed by atoms with Crippen LogP contribution in [0.4, 0.5) is 4.79 Å². The topological polar surface area (TPSA) is 120 Å². The maximum atomic E-state index is 12.4. The molecule has 0 unspecified atom stereocenters. The van der Waals surface area contributed by atoms with Gasteiger partial charge in [-0.2, -0.15) is 0 Å². The van der Waals surface area contributed by atoms with Crippen LogP contribution in [0, 0.1) is 5.41 Å². The molecule has 0 aliphatic heterocycles. The molecule has 8 nitrogen and oxygen atoms in total. The van der Waals surface area contributed by atoms with Gasteiger partial charge in [0.25, 0.3) is 0 Å². The zero-order valence-electron chi connectivity index (χ0n) is 12.7. The van der Waals surface area contributed by atoms with Crippen molar-refractivity contribution in [1.29, 1.82) is 0 Å². The number of nitrogens with two attached hydrogens (primary N) is 1. The van der Waals surface area contributed by atoms with Gasteiger partial charge in [0.1, 0.15) is 5.41 Å². The molecule has 0 atom stereocenters. The zero-order valence-corrected chi connectivity index (χ0v) is 12.7. The van der Waals surface area contributed by atoms with Crippen molar-refractivity contribution in [2.75, 3.05) is 27.2 Å². The first-order chi connectivity index (χ1) is 9.94. The van der Waals surface area contributed by atoms with E-state index in [0.29, 0.717) is 25.9 Å². The van der Waals surface area contributed by atoms with Gasteiger partial charge in [0.05, 0.1) is 0 Å². The Kier molecular flexibility index (Phi) is 6.26. The van der Waals surface area contributed by atoms with E-state index in [1.54, 1.807) is 14.1 Å². The van der Waals surface area contributed by atoms with E-state index in [1.807, 2.05) is 0 Å². The fourth-order valence-electron chi connectivity index (χ4n) is 2.52.